The molecule has 0 saturated carbocycles. The van der Waals surface area contributed by atoms with Crippen molar-refractivity contribution in [3.63, 3.8) is 0 Å². The van der Waals surface area contributed by atoms with Gasteiger partial charge in [0.1, 0.15) is 11.6 Å². The summed E-state index contributed by atoms with van der Waals surface area (Å²) in [7, 11) is 4.08. The van der Waals surface area contributed by atoms with Crippen LogP contribution in [0.1, 0.15) is 18.9 Å². The zero-order valence-corrected chi connectivity index (χ0v) is 14.1. The summed E-state index contributed by atoms with van der Waals surface area (Å²) < 4.78 is 2.03. The lowest BCUT2D eigenvalue weighted by Crippen LogP contribution is -2.17. The Balaban J connectivity index is 2.49. The molecule has 4 nitrogen and oxygen atoms in total. The number of rotatable bonds is 6. The van der Waals surface area contributed by atoms with Gasteiger partial charge >= 0.3 is 0 Å². The molecule has 0 saturated heterocycles. The summed E-state index contributed by atoms with van der Waals surface area (Å²) in [5.74, 6) is 0.959. The van der Waals surface area contributed by atoms with Gasteiger partial charge < -0.3 is 9.47 Å². The molecule has 0 spiro atoms. The number of nitriles is 1. The van der Waals surface area contributed by atoms with Crippen LogP contribution in [0.15, 0.2) is 34.1 Å². The SMILES string of the molecule is CCSc1ccc2c(c1)c(=O)c(C#N)cn2CCCN(C)C. The molecular weight excluding hydrogens is 294 g/mol. The van der Waals surface area contributed by atoms with Crippen molar-refractivity contribution in [1.29, 1.82) is 5.26 Å². The molecule has 0 aliphatic rings. The van der Waals surface area contributed by atoms with E-state index in [1.54, 1.807) is 18.0 Å². The van der Waals surface area contributed by atoms with E-state index in [-0.39, 0.29) is 11.0 Å². The normalized spacial score (nSPS) is 11.0. The van der Waals surface area contributed by atoms with Crippen LogP contribution in [0.4, 0.5) is 0 Å². The zero-order valence-electron chi connectivity index (χ0n) is 13.3. The third-order valence-electron chi connectivity index (χ3n) is 3.49. The lowest BCUT2D eigenvalue weighted by Gasteiger charge is -2.14. The second kappa shape index (κ2) is 7.48. The molecule has 0 amide bonds. The van der Waals surface area contributed by atoms with E-state index in [9.17, 15) is 10.1 Å². The van der Waals surface area contributed by atoms with Crippen LogP contribution in [-0.2, 0) is 6.54 Å². The first-order valence-electron chi connectivity index (χ1n) is 7.41. The Labute approximate surface area is 135 Å². The van der Waals surface area contributed by atoms with Gasteiger partial charge in [-0.3, -0.25) is 4.79 Å². The smallest absolute Gasteiger partial charge is 0.207 e. The quantitative estimate of drug-likeness (QED) is 0.769. The molecule has 2 rings (SSSR count). The number of fused-ring (bicyclic) bond motifs is 1. The van der Waals surface area contributed by atoms with Gasteiger partial charge in [0.2, 0.25) is 5.43 Å². The second-order valence-corrected chi connectivity index (χ2v) is 6.78. The van der Waals surface area contributed by atoms with Crippen LogP contribution in [0.3, 0.4) is 0 Å². The first-order valence-corrected chi connectivity index (χ1v) is 8.40. The highest BCUT2D eigenvalue weighted by atomic mass is 32.2. The van der Waals surface area contributed by atoms with E-state index in [4.69, 9.17) is 0 Å². The number of aromatic nitrogens is 1. The Kier molecular flexibility index (Phi) is 5.64. The summed E-state index contributed by atoms with van der Waals surface area (Å²) in [5.41, 5.74) is 0.958. The van der Waals surface area contributed by atoms with Gasteiger partial charge in [-0.05, 0) is 51.0 Å². The summed E-state index contributed by atoms with van der Waals surface area (Å²) >= 11 is 1.70. The third-order valence-corrected chi connectivity index (χ3v) is 4.36. The molecule has 22 heavy (non-hydrogen) atoms. The third kappa shape index (κ3) is 3.70. The van der Waals surface area contributed by atoms with Crippen LogP contribution >= 0.6 is 11.8 Å². The predicted octanol–water partition coefficient (Wildman–Crippen LogP) is 2.94. The minimum Gasteiger partial charge on any atom is -0.346 e. The van der Waals surface area contributed by atoms with Crippen molar-refractivity contribution < 1.29 is 0 Å². The van der Waals surface area contributed by atoms with Gasteiger partial charge in [0, 0.05) is 23.0 Å². The highest BCUT2D eigenvalue weighted by Crippen LogP contribution is 2.22. The zero-order chi connectivity index (χ0) is 16.1. The van der Waals surface area contributed by atoms with Gasteiger partial charge in [-0.25, -0.2) is 0 Å². The Bertz CT molecular complexity index is 759. The second-order valence-electron chi connectivity index (χ2n) is 5.45. The molecule has 0 bridgehead atoms. The van der Waals surface area contributed by atoms with E-state index in [2.05, 4.69) is 11.8 Å². The maximum Gasteiger partial charge on any atom is 0.207 e. The summed E-state index contributed by atoms with van der Waals surface area (Å²) in [4.78, 5) is 15.6. The van der Waals surface area contributed by atoms with Gasteiger partial charge in [0.05, 0.1) is 5.52 Å². The van der Waals surface area contributed by atoms with Gasteiger partial charge in [-0.15, -0.1) is 11.8 Å². The molecule has 5 heteroatoms. The van der Waals surface area contributed by atoms with E-state index in [0.717, 1.165) is 35.7 Å². The van der Waals surface area contributed by atoms with Gasteiger partial charge in [-0.1, -0.05) is 6.92 Å². The Morgan fingerprint density at radius 3 is 2.77 bits per heavy atom. The Morgan fingerprint density at radius 1 is 1.36 bits per heavy atom. The molecule has 1 aromatic carbocycles. The summed E-state index contributed by atoms with van der Waals surface area (Å²) in [6.45, 7) is 3.85. The lowest BCUT2D eigenvalue weighted by molar-refractivity contribution is 0.387. The molecule has 0 aliphatic heterocycles. The summed E-state index contributed by atoms with van der Waals surface area (Å²) in [5, 5.41) is 9.85. The number of aryl methyl sites for hydroxylation is 1. The molecule has 116 valence electrons. The molecule has 1 heterocycles. The van der Waals surface area contributed by atoms with Crippen molar-refractivity contribution in [2.75, 3.05) is 26.4 Å². The first kappa shape index (κ1) is 16.6. The molecule has 2 aromatic rings. The van der Waals surface area contributed by atoms with Crippen molar-refractivity contribution in [1.82, 2.24) is 9.47 Å². The maximum absolute atomic E-state index is 12.4. The standard InChI is InChI=1S/C17H21N3OS/c1-4-22-14-6-7-16-15(10-14)17(21)13(11-18)12-20(16)9-5-8-19(2)3/h6-7,10,12H,4-5,8-9H2,1-3H3. The molecule has 0 atom stereocenters. The molecule has 0 unspecified atom stereocenters. The van der Waals surface area contributed by atoms with Gasteiger partial charge in [0.15, 0.2) is 0 Å². The maximum atomic E-state index is 12.4. The minimum absolute atomic E-state index is 0.167. The number of pyridine rings is 1. The van der Waals surface area contributed by atoms with E-state index >= 15 is 0 Å². The largest absolute Gasteiger partial charge is 0.346 e. The van der Waals surface area contributed by atoms with Crippen molar-refractivity contribution in [3.05, 3.63) is 40.2 Å². The first-order chi connectivity index (χ1) is 10.6. The van der Waals surface area contributed by atoms with Crippen LogP contribution in [0.25, 0.3) is 10.9 Å². The van der Waals surface area contributed by atoms with Gasteiger partial charge in [-0.2, -0.15) is 5.26 Å². The van der Waals surface area contributed by atoms with E-state index < -0.39 is 0 Å². The average Bonchev–Trinajstić information content (AvgIpc) is 2.49. The predicted molar refractivity (Wildman–Crippen MR) is 92.5 cm³/mol. The highest BCUT2D eigenvalue weighted by Gasteiger charge is 2.10. The Hall–Kier alpha value is -1.77. The molecule has 0 aliphatic carbocycles. The van der Waals surface area contributed by atoms with Crippen LogP contribution in [0.5, 0.6) is 0 Å². The molecule has 0 radical (unpaired) electrons. The monoisotopic (exact) mass is 315 g/mol. The summed E-state index contributed by atoms with van der Waals surface area (Å²) in [6, 6.07) is 7.98. The van der Waals surface area contributed by atoms with Crippen LogP contribution in [0, 0.1) is 11.3 Å². The average molecular weight is 315 g/mol. The van der Waals surface area contributed by atoms with Crippen molar-refractivity contribution in [2.24, 2.45) is 0 Å². The Morgan fingerprint density at radius 2 is 2.14 bits per heavy atom. The van der Waals surface area contributed by atoms with E-state index in [1.165, 1.54) is 0 Å². The summed E-state index contributed by atoms with van der Waals surface area (Å²) in [6.07, 6.45) is 2.66. The van der Waals surface area contributed by atoms with Crippen molar-refractivity contribution in [2.45, 2.75) is 24.8 Å². The van der Waals surface area contributed by atoms with Crippen molar-refractivity contribution in [3.8, 4) is 6.07 Å². The minimum atomic E-state index is -0.167. The lowest BCUT2D eigenvalue weighted by atomic mass is 10.1. The number of hydrogen-bond acceptors (Lipinski definition) is 4. The van der Waals surface area contributed by atoms with Crippen molar-refractivity contribution >= 4 is 22.7 Å². The van der Waals surface area contributed by atoms with E-state index in [1.807, 2.05) is 42.9 Å². The van der Waals surface area contributed by atoms with Crippen LogP contribution in [0.2, 0.25) is 0 Å². The molecule has 0 N–H and O–H groups in total. The number of thioether (sulfide) groups is 1. The van der Waals surface area contributed by atoms with E-state index in [0.29, 0.717) is 5.39 Å². The highest BCUT2D eigenvalue weighted by molar-refractivity contribution is 7.99. The van der Waals surface area contributed by atoms with Gasteiger partial charge in [0.25, 0.3) is 0 Å². The number of benzene rings is 1. The molecular formula is C17H21N3OS. The van der Waals surface area contributed by atoms with Crippen LogP contribution in [-0.4, -0.2) is 35.9 Å². The number of nitrogens with zero attached hydrogens (tertiary/aromatic N) is 3. The fraction of sp³-hybridized carbons (Fsp3) is 0.412. The topological polar surface area (TPSA) is 49.0 Å². The molecule has 1 aromatic heterocycles. The molecule has 0 fully saturated rings. The number of hydrogen-bond donors (Lipinski definition) is 0. The van der Waals surface area contributed by atoms with Crippen LogP contribution < -0.4 is 5.43 Å². The fourth-order valence-electron chi connectivity index (χ4n) is 2.45. The fourth-order valence-corrected chi connectivity index (χ4v) is 3.15.